The Morgan fingerprint density at radius 2 is 1.83 bits per heavy atom. The highest BCUT2D eigenvalue weighted by Gasteiger charge is 2.08. The lowest BCUT2D eigenvalue weighted by Gasteiger charge is -2.07. The van der Waals surface area contributed by atoms with Crippen LogP contribution in [0.15, 0.2) is 42.7 Å². The van der Waals surface area contributed by atoms with Crippen molar-refractivity contribution >= 4 is 23.5 Å². The van der Waals surface area contributed by atoms with Crippen molar-refractivity contribution in [2.45, 2.75) is 19.8 Å². The van der Waals surface area contributed by atoms with Gasteiger partial charge in [0.15, 0.2) is 6.61 Å². The molecule has 0 spiro atoms. The Balaban J connectivity index is 1.64. The van der Waals surface area contributed by atoms with Crippen LogP contribution in [0.25, 0.3) is 0 Å². The molecule has 0 fully saturated rings. The highest BCUT2D eigenvalue weighted by Crippen LogP contribution is 2.09. The van der Waals surface area contributed by atoms with Gasteiger partial charge in [-0.05, 0) is 30.2 Å². The van der Waals surface area contributed by atoms with Gasteiger partial charge in [0, 0.05) is 24.6 Å². The molecule has 0 bridgehead atoms. The molecule has 2 rings (SSSR count). The number of benzene rings is 1. The second-order valence-electron chi connectivity index (χ2n) is 5.01. The molecule has 24 heavy (non-hydrogen) atoms. The van der Waals surface area contributed by atoms with Crippen LogP contribution in [0.1, 0.15) is 18.9 Å². The molecule has 7 heteroatoms. The van der Waals surface area contributed by atoms with E-state index in [1.165, 1.54) is 5.56 Å². The fourth-order valence-electron chi connectivity index (χ4n) is 1.91. The minimum Gasteiger partial charge on any atom is -0.456 e. The molecular formula is C17H20N4O3. The molecule has 1 aromatic carbocycles. The number of hydrogen-bond donors (Lipinski definition) is 2. The third-order valence-corrected chi connectivity index (χ3v) is 3.19. The predicted molar refractivity (Wildman–Crippen MR) is 90.5 cm³/mol. The molecule has 0 saturated heterocycles. The third kappa shape index (κ3) is 6.04. The van der Waals surface area contributed by atoms with Crippen LogP contribution >= 0.6 is 0 Å². The third-order valence-electron chi connectivity index (χ3n) is 3.19. The van der Waals surface area contributed by atoms with Crippen molar-refractivity contribution in [3.63, 3.8) is 0 Å². The number of amides is 1. The average Bonchev–Trinajstić information content (AvgIpc) is 2.61. The number of carbonyl (C=O) groups excluding carboxylic acids is 2. The monoisotopic (exact) mass is 328 g/mol. The molecule has 1 aromatic heterocycles. The molecule has 1 amide bonds. The fraction of sp³-hybridized carbons (Fsp3) is 0.294. The van der Waals surface area contributed by atoms with E-state index in [0.29, 0.717) is 18.2 Å². The number of aryl methyl sites for hydroxylation is 1. The van der Waals surface area contributed by atoms with Gasteiger partial charge in [-0.3, -0.25) is 9.59 Å². The number of rotatable bonds is 8. The number of esters is 1. The second-order valence-corrected chi connectivity index (χ2v) is 5.01. The number of hydrogen-bond acceptors (Lipinski definition) is 6. The SMILES string of the molecule is CCc1ccc(NC(=O)COC(=O)CCNc2ncccn2)cc1. The van der Waals surface area contributed by atoms with Gasteiger partial charge < -0.3 is 15.4 Å². The lowest BCUT2D eigenvalue weighted by atomic mass is 10.1. The largest absolute Gasteiger partial charge is 0.456 e. The standard InChI is InChI=1S/C17H20N4O3/c1-2-13-4-6-14(7-5-13)21-15(22)12-24-16(23)8-11-20-17-18-9-3-10-19-17/h3-7,9-10H,2,8,11-12H2,1H3,(H,21,22)(H,18,19,20). The molecule has 0 saturated carbocycles. The average molecular weight is 328 g/mol. The molecule has 0 radical (unpaired) electrons. The quantitative estimate of drug-likeness (QED) is 0.720. The van der Waals surface area contributed by atoms with Crippen LogP contribution in [0.2, 0.25) is 0 Å². The normalized spacial score (nSPS) is 10.0. The van der Waals surface area contributed by atoms with Gasteiger partial charge in [0.2, 0.25) is 5.95 Å². The minimum atomic E-state index is -0.463. The van der Waals surface area contributed by atoms with Crippen molar-refractivity contribution in [2.75, 3.05) is 23.8 Å². The van der Waals surface area contributed by atoms with Crippen LogP contribution in [0.5, 0.6) is 0 Å². The topological polar surface area (TPSA) is 93.2 Å². The summed E-state index contributed by atoms with van der Waals surface area (Å²) in [5.74, 6) is -0.388. The molecule has 0 unspecified atom stereocenters. The highest BCUT2D eigenvalue weighted by molar-refractivity contribution is 5.92. The molecule has 0 atom stereocenters. The number of nitrogens with one attached hydrogen (secondary N) is 2. The van der Waals surface area contributed by atoms with E-state index < -0.39 is 5.97 Å². The molecule has 2 aromatic rings. The van der Waals surface area contributed by atoms with E-state index in [1.807, 2.05) is 24.3 Å². The van der Waals surface area contributed by atoms with E-state index >= 15 is 0 Å². The Kier molecular flexibility index (Phi) is 6.70. The van der Waals surface area contributed by atoms with Crippen LogP contribution in [0.4, 0.5) is 11.6 Å². The van der Waals surface area contributed by atoms with Crippen molar-refractivity contribution in [1.29, 1.82) is 0 Å². The Bertz CT molecular complexity index is 659. The van der Waals surface area contributed by atoms with E-state index in [1.54, 1.807) is 18.5 Å². The Labute approximate surface area is 140 Å². The molecule has 1 heterocycles. The van der Waals surface area contributed by atoms with Crippen LogP contribution < -0.4 is 10.6 Å². The van der Waals surface area contributed by atoms with Crippen LogP contribution in [0.3, 0.4) is 0 Å². The Hall–Kier alpha value is -2.96. The fourth-order valence-corrected chi connectivity index (χ4v) is 1.91. The van der Waals surface area contributed by atoms with Crippen molar-refractivity contribution in [3.8, 4) is 0 Å². The highest BCUT2D eigenvalue weighted by atomic mass is 16.5. The van der Waals surface area contributed by atoms with E-state index in [2.05, 4.69) is 27.5 Å². The van der Waals surface area contributed by atoms with Crippen molar-refractivity contribution in [2.24, 2.45) is 0 Å². The van der Waals surface area contributed by atoms with Crippen LogP contribution in [-0.4, -0.2) is 35.0 Å². The van der Waals surface area contributed by atoms with Crippen molar-refractivity contribution in [3.05, 3.63) is 48.3 Å². The predicted octanol–water partition coefficient (Wildman–Crippen LogP) is 2.02. The maximum absolute atomic E-state index is 11.7. The summed E-state index contributed by atoms with van der Waals surface area (Å²) in [5, 5.41) is 5.57. The van der Waals surface area contributed by atoms with Crippen molar-refractivity contribution in [1.82, 2.24) is 9.97 Å². The Morgan fingerprint density at radius 1 is 1.12 bits per heavy atom. The molecule has 0 aliphatic heterocycles. The number of anilines is 2. The summed E-state index contributed by atoms with van der Waals surface area (Å²) in [6.45, 7) is 2.09. The maximum atomic E-state index is 11.7. The lowest BCUT2D eigenvalue weighted by Crippen LogP contribution is -2.22. The van der Waals surface area contributed by atoms with Gasteiger partial charge in [0.05, 0.1) is 6.42 Å². The number of carbonyl (C=O) groups is 2. The summed E-state index contributed by atoms with van der Waals surface area (Å²) in [4.78, 5) is 31.3. The van der Waals surface area contributed by atoms with Gasteiger partial charge in [-0.15, -0.1) is 0 Å². The van der Waals surface area contributed by atoms with Gasteiger partial charge in [-0.1, -0.05) is 19.1 Å². The molecule has 7 nitrogen and oxygen atoms in total. The van der Waals surface area contributed by atoms with E-state index in [-0.39, 0.29) is 18.9 Å². The first kappa shape index (κ1) is 17.4. The molecule has 0 aliphatic carbocycles. The minimum absolute atomic E-state index is 0.122. The summed E-state index contributed by atoms with van der Waals surface area (Å²) >= 11 is 0. The summed E-state index contributed by atoms with van der Waals surface area (Å²) in [6, 6.07) is 9.23. The second kappa shape index (κ2) is 9.24. The maximum Gasteiger partial charge on any atom is 0.308 e. The van der Waals surface area contributed by atoms with E-state index in [9.17, 15) is 9.59 Å². The van der Waals surface area contributed by atoms with Gasteiger partial charge in [-0.25, -0.2) is 9.97 Å². The van der Waals surface area contributed by atoms with Crippen molar-refractivity contribution < 1.29 is 14.3 Å². The molecule has 126 valence electrons. The summed E-state index contributed by atoms with van der Waals surface area (Å²) in [6.07, 6.45) is 4.26. The van der Waals surface area contributed by atoms with Gasteiger partial charge in [0.25, 0.3) is 5.91 Å². The van der Waals surface area contributed by atoms with Gasteiger partial charge in [-0.2, -0.15) is 0 Å². The molecule has 2 N–H and O–H groups in total. The lowest BCUT2D eigenvalue weighted by molar-refractivity contribution is -0.147. The first-order valence-corrected chi connectivity index (χ1v) is 7.72. The van der Waals surface area contributed by atoms with E-state index in [0.717, 1.165) is 6.42 Å². The van der Waals surface area contributed by atoms with Gasteiger partial charge in [0.1, 0.15) is 0 Å². The summed E-state index contributed by atoms with van der Waals surface area (Å²) in [7, 11) is 0. The first-order chi connectivity index (χ1) is 11.7. The van der Waals surface area contributed by atoms with E-state index in [4.69, 9.17) is 4.74 Å². The number of aromatic nitrogens is 2. The smallest absolute Gasteiger partial charge is 0.308 e. The molecule has 0 aliphatic rings. The number of nitrogens with zero attached hydrogens (tertiary/aromatic N) is 2. The zero-order valence-corrected chi connectivity index (χ0v) is 13.5. The Morgan fingerprint density at radius 3 is 2.50 bits per heavy atom. The first-order valence-electron chi connectivity index (χ1n) is 7.72. The van der Waals surface area contributed by atoms with Crippen LogP contribution in [-0.2, 0) is 20.7 Å². The number of ether oxygens (including phenoxy) is 1. The van der Waals surface area contributed by atoms with Crippen LogP contribution in [0, 0.1) is 0 Å². The summed E-state index contributed by atoms with van der Waals surface area (Å²) < 4.78 is 4.93. The zero-order valence-electron chi connectivity index (χ0n) is 13.5. The zero-order chi connectivity index (χ0) is 17.2. The summed E-state index contributed by atoms with van der Waals surface area (Å²) in [5.41, 5.74) is 1.87. The molecular weight excluding hydrogens is 308 g/mol. The van der Waals surface area contributed by atoms with Gasteiger partial charge >= 0.3 is 5.97 Å².